The van der Waals surface area contributed by atoms with Crippen molar-refractivity contribution in [1.29, 1.82) is 0 Å². The van der Waals surface area contributed by atoms with Crippen molar-refractivity contribution >= 4 is 34.9 Å². The molecular formula is C31H28FN7O5. The molecule has 0 aliphatic carbocycles. The molecule has 44 heavy (non-hydrogen) atoms. The summed E-state index contributed by atoms with van der Waals surface area (Å²) in [6.45, 7) is 3.48. The third kappa shape index (κ3) is 6.85. The van der Waals surface area contributed by atoms with Crippen LogP contribution in [0.4, 0.5) is 16.0 Å². The van der Waals surface area contributed by atoms with E-state index in [9.17, 15) is 14.0 Å². The molecule has 0 bridgehead atoms. The van der Waals surface area contributed by atoms with Crippen LogP contribution >= 0.6 is 0 Å². The maximum Gasteiger partial charge on any atom is 0.290 e. The summed E-state index contributed by atoms with van der Waals surface area (Å²) in [5.74, 6) is 1.17. The Hall–Kier alpha value is -5.69. The van der Waals surface area contributed by atoms with Crippen molar-refractivity contribution in [2.45, 2.75) is 0 Å². The van der Waals surface area contributed by atoms with E-state index < -0.39 is 17.3 Å². The second kappa shape index (κ2) is 13.5. The van der Waals surface area contributed by atoms with Gasteiger partial charge in [0, 0.05) is 49.6 Å². The Balaban J connectivity index is 0.00000123. The first-order valence-corrected chi connectivity index (χ1v) is 13.6. The van der Waals surface area contributed by atoms with Gasteiger partial charge in [-0.1, -0.05) is 0 Å². The standard InChI is InChI=1S/C30H26FN7O3.CH2O2/c1-36-13-15-37(16-14-36)28-17-24-25(19-34-28)32-11-10-26(24)41-22-8-9-27(33-18-22)35-29(39)23-3-2-12-38(30(23)40)21-6-4-20(31)5-7-21;2-1-3/h2-12,17-19H,13-16H2,1H3,(H,33,35,39);1H,(H,2,3). The van der Waals surface area contributed by atoms with Gasteiger partial charge >= 0.3 is 0 Å². The molecule has 0 saturated carbocycles. The number of amides is 1. The van der Waals surface area contributed by atoms with Crippen molar-refractivity contribution in [2.24, 2.45) is 0 Å². The number of carboxylic acid groups (broad SMARTS) is 1. The lowest BCUT2D eigenvalue weighted by Gasteiger charge is -2.33. The number of rotatable bonds is 6. The highest BCUT2D eigenvalue weighted by molar-refractivity contribution is 6.03. The Labute approximate surface area is 251 Å². The number of halogens is 1. The molecule has 224 valence electrons. The van der Waals surface area contributed by atoms with Crippen LogP contribution in [-0.2, 0) is 4.79 Å². The molecule has 1 aliphatic rings. The van der Waals surface area contributed by atoms with Crippen LogP contribution in [0.5, 0.6) is 11.5 Å². The van der Waals surface area contributed by atoms with Crippen molar-refractivity contribution in [1.82, 2.24) is 24.4 Å². The number of ether oxygens (including phenoxy) is 1. The Morgan fingerprint density at radius 1 is 1.00 bits per heavy atom. The molecule has 0 atom stereocenters. The molecule has 1 aliphatic heterocycles. The van der Waals surface area contributed by atoms with E-state index in [1.165, 1.54) is 47.3 Å². The van der Waals surface area contributed by atoms with Crippen LogP contribution in [0.2, 0.25) is 0 Å². The molecule has 4 aromatic heterocycles. The second-order valence-electron chi connectivity index (χ2n) is 9.77. The van der Waals surface area contributed by atoms with Gasteiger partial charge in [0.25, 0.3) is 17.9 Å². The number of carbonyl (C=O) groups is 2. The molecule has 5 heterocycles. The van der Waals surface area contributed by atoms with E-state index in [2.05, 4.69) is 37.1 Å². The minimum Gasteiger partial charge on any atom is -0.483 e. The molecule has 0 spiro atoms. The zero-order valence-corrected chi connectivity index (χ0v) is 23.6. The van der Waals surface area contributed by atoms with Crippen LogP contribution in [-0.4, -0.2) is 75.1 Å². The molecule has 6 rings (SSSR count). The summed E-state index contributed by atoms with van der Waals surface area (Å²) in [7, 11) is 2.11. The Morgan fingerprint density at radius 3 is 2.45 bits per heavy atom. The Morgan fingerprint density at radius 2 is 1.75 bits per heavy atom. The fourth-order valence-corrected chi connectivity index (χ4v) is 4.61. The summed E-state index contributed by atoms with van der Waals surface area (Å²) in [5.41, 5.74) is 0.547. The van der Waals surface area contributed by atoms with Crippen LogP contribution in [0.25, 0.3) is 16.6 Å². The molecule has 1 amide bonds. The number of hydrogen-bond donors (Lipinski definition) is 2. The van der Waals surface area contributed by atoms with E-state index in [0.29, 0.717) is 22.7 Å². The summed E-state index contributed by atoms with van der Waals surface area (Å²) in [6.07, 6.45) is 6.42. The highest BCUT2D eigenvalue weighted by Gasteiger charge is 2.17. The number of nitrogens with zero attached hydrogens (tertiary/aromatic N) is 6. The van der Waals surface area contributed by atoms with Crippen LogP contribution in [0.1, 0.15) is 10.4 Å². The topological polar surface area (TPSA) is 143 Å². The van der Waals surface area contributed by atoms with Crippen LogP contribution in [0.3, 0.4) is 0 Å². The number of pyridine rings is 4. The van der Waals surface area contributed by atoms with E-state index in [-0.39, 0.29) is 17.9 Å². The average Bonchev–Trinajstić information content (AvgIpc) is 3.03. The molecule has 1 aromatic carbocycles. The average molecular weight is 598 g/mol. The lowest BCUT2D eigenvalue weighted by molar-refractivity contribution is -0.122. The fraction of sp³-hybridized carbons (Fsp3) is 0.161. The predicted molar refractivity (Wildman–Crippen MR) is 162 cm³/mol. The number of likely N-dealkylation sites (N-methyl/N-ethyl adjacent to an activating group) is 1. The van der Waals surface area contributed by atoms with Crippen LogP contribution in [0, 0.1) is 5.82 Å². The van der Waals surface area contributed by atoms with Gasteiger partial charge in [0.1, 0.15) is 34.5 Å². The van der Waals surface area contributed by atoms with Crippen molar-refractivity contribution in [2.75, 3.05) is 43.4 Å². The number of nitrogens with one attached hydrogen (secondary N) is 1. The van der Waals surface area contributed by atoms with Crippen molar-refractivity contribution in [3.05, 3.63) is 107 Å². The van der Waals surface area contributed by atoms with Gasteiger partial charge < -0.3 is 25.0 Å². The number of hydrogen-bond acceptors (Lipinski definition) is 9. The molecular weight excluding hydrogens is 569 g/mol. The molecule has 12 nitrogen and oxygen atoms in total. The largest absolute Gasteiger partial charge is 0.483 e. The predicted octanol–water partition coefficient (Wildman–Crippen LogP) is 3.81. The van der Waals surface area contributed by atoms with Gasteiger partial charge in [-0.3, -0.25) is 23.9 Å². The van der Waals surface area contributed by atoms with Gasteiger partial charge in [-0.25, -0.2) is 14.4 Å². The summed E-state index contributed by atoms with van der Waals surface area (Å²) in [6, 6.07) is 15.5. The smallest absolute Gasteiger partial charge is 0.290 e. The third-order valence-corrected chi connectivity index (χ3v) is 6.90. The number of aromatic nitrogens is 4. The molecule has 1 fully saturated rings. The Bertz CT molecular complexity index is 1820. The number of carbonyl (C=O) groups excluding carboxylic acids is 1. The lowest BCUT2D eigenvalue weighted by Crippen LogP contribution is -2.44. The van der Waals surface area contributed by atoms with Gasteiger partial charge in [-0.05, 0) is 67.7 Å². The van der Waals surface area contributed by atoms with Crippen molar-refractivity contribution < 1.29 is 23.8 Å². The maximum atomic E-state index is 13.3. The molecule has 2 N–H and O–H groups in total. The van der Waals surface area contributed by atoms with E-state index in [4.69, 9.17) is 14.6 Å². The summed E-state index contributed by atoms with van der Waals surface area (Å²) >= 11 is 0. The fourth-order valence-electron chi connectivity index (χ4n) is 4.61. The molecule has 13 heteroatoms. The van der Waals surface area contributed by atoms with E-state index in [1.54, 1.807) is 36.7 Å². The van der Waals surface area contributed by atoms with Gasteiger partial charge in [0.05, 0.1) is 17.9 Å². The molecule has 0 radical (unpaired) electrons. The number of piperazine rings is 1. The third-order valence-electron chi connectivity index (χ3n) is 6.90. The van der Waals surface area contributed by atoms with E-state index in [0.717, 1.165) is 37.4 Å². The second-order valence-corrected chi connectivity index (χ2v) is 9.77. The first kappa shape index (κ1) is 29.8. The van der Waals surface area contributed by atoms with Crippen LogP contribution < -0.4 is 20.5 Å². The number of benzene rings is 1. The maximum absolute atomic E-state index is 13.3. The summed E-state index contributed by atoms with van der Waals surface area (Å²) < 4.78 is 20.7. The monoisotopic (exact) mass is 597 g/mol. The highest BCUT2D eigenvalue weighted by Crippen LogP contribution is 2.31. The normalized spacial score (nSPS) is 13.1. The number of fused-ring (bicyclic) bond motifs is 1. The zero-order chi connectivity index (χ0) is 31.1. The van der Waals surface area contributed by atoms with Gasteiger partial charge in [-0.15, -0.1) is 0 Å². The van der Waals surface area contributed by atoms with Gasteiger partial charge in [-0.2, -0.15) is 0 Å². The summed E-state index contributed by atoms with van der Waals surface area (Å²) in [5, 5.41) is 10.4. The minimum atomic E-state index is -0.614. The van der Waals surface area contributed by atoms with Gasteiger partial charge in [0.15, 0.2) is 0 Å². The SMILES string of the molecule is CN1CCN(c2cc3c(Oc4ccc(NC(=O)c5cccn(-c6ccc(F)cc6)c5=O)nc4)ccnc3cn2)CC1.O=CO. The number of anilines is 2. The van der Waals surface area contributed by atoms with E-state index in [1.807, 2.05) is 6.07 Å². The lowest BCUT2D eigenvalue weighted by atomic mass is 10.2. The quantitative estimate of drug-likeness (QED) is 0.278. The van der Waals surface area contributed by atoms with E-state index >= 15 is 0 Å². The van der Waals surface area contributed by atoms with Crippen molar-refractivity contribution in [3.8, 4) is 17.2 Å². The first-order valence-electron chi connectivity index (χ1n) is 13.6. The Kier molecular flexibility index (Phi) is 9.16. The first-order chi connectivity index (χ1) is 21.4. The van der Waals surface area contributed by atoms with Crippen molar-refractivity contribution in [3.63, 3.8) is 0 Å². The molecule has 0 unspecified atom stereocenters. The summed E-state index contributed by atoms with van der Waals surface area (Å²) in [4.78, 5) is 52.0. The van der Waals surface area contributed by atoms with Gasteiger partial charge in [0.2, 0.25) is 0 Å². The van der Waals surface area contributed by atoms with Crippen LogP contribution in [0.15, 0.2) is 90.2 Å². The molecule has 5 aromatic rings. The molecule has 1 saturated heterocycles. The zero-order valence-electron chi connectivity index (χ0n) is 23.6. The minimum absolute atomic E-state index is 0.0769. The highest BCUT2D eigenvalue weighted by atomic mass is 19.1.